The molecule has 4 nitrogen and oxygen atoms in total. The third-order valence-electron chi connectivity index (χ3n) is 2.87. The van der Waals surface area contributed by atoms with Gasteiger partial charge in [0.05, 0.1) is 0 Å². The second-order valence-electron chi connectivity index (χ2n) is 4.45. The summed E-state index contributed by atoms with van der Waals surface area (Å²) in [5.41, 5.74) is 0. The fourth-order valence-electron chi connectivity index (χ4n) is 1.68. The first-order valence-electron chi connectivity index (χ1n) is 6.55. The molecule has 0 aliphatic carbocycles. The van der Waals surface area contributed by atoms with E-state index in [9.17, 15) is 10.2 Å². The zero-order valence-electron chi connectivity index (χ0n) is 11.3. The summed E-state index contributed by atoms with van der Waals surface area (Å²) in [4.78, 5) is 0. The highest BCUT2D eigenvalue weighted by molar-refractivity contribution is 5.31. The van der Waals surface area contributed by atoms with Gasteiger partial charge in [-0.15, -0.1) is 0 Å². The molecule has 0 aliphatic heterocycles. The lowest BCUT2D eigenvalue weighted by atomic mass is 10.2. The summed E-state index contributed by atoms with van der Waals surface area (Å²) in [5, 5.41) is 18.4. The van der Waals surface area contributed by atoms with Gasteiger partial charge in [0.15, 0.2) is 0 Å². The molecule has 0 radical (unpaired) electrons. The van der Waals surface area contributed by atoms with Crippen molar-refractivity contribution in [3.63, 3.8) is 0 Å². The molecule has 20 heavy (non-hydrogen) atoms. The maximum Gasteiger partial charge on any atom is 0.132 e. The van der Waals surface area contributed by atoms with E-state index in [1.54, 1.807) is 48.5 Å². The van der Waals surface area contributed by atoms with Gasteiger partial charge in [-0.1, -0.05) is 6.92 Å². The molecule has 4 heteroatoms. The van der Waals surface area contributed by atoms with Gasteiger partial charge in [0.2, 0.25) is 0 Å². The minimum atomic E-state index is -0.0756. The number of benzene rings is 2. The first-order chi connectivity index (χ1) is 9.67. The Kier molecular flexibility index (Phi) is 4.71. The molecular formula is C16H18O4. The smallest absolute Gasteiger partial charge is 0.132 e. The van der Waals surface area contributed by atoms with Crippen LogP contribution >= 0.6 is 0 Å². The van der Waals surface area contributed by atoms with Gasteiger partial charge >= 0.3 is 0 Å². The van der Waals surface area contributed by atoms with E-state index in [4.69, 9.17) is 9.47 Å². The molecule has 2 aromatic rings. The highest BCUT2D eigenvalue weighted by Gasteiger charge is 2.09. The molecule has 0 heterocycles. The number of hydrogen-bond donors (Lipinski definition) is 2. The van der Waals surface area contributed by atoms with Crippen molar-refractivity contribution in [2.45, 2.75) is 19.4 Å². The van der Waals surface area contributed by atoms with Crippen LogP contribution in [0.3, 0.4) is 0 Å². The van der Waals surface area contributed by atoms with E-state index in [1.165, 1.54) is 0 Å². The Morgan fingerprint density at radius 2 is 1.35 bits per heavy atom. The maximum atomic E-state index is 9.22. The molecule has 106 valence electrons. The van der Waals surface area contributed by atoms with Crippen molar-refractivity contribution in [2.75, 3.05) is 6.61 Å². The van der Waals surface area contributed by atoms with Crippen LogP contribution in [-0.2, 0) is 0 Å². The van der Waals surface area contributed by atoms with Crippen LogP contribution in [0.25, 0.3) is 0 Å². The first-order valence-corrected chi connectivity index (χ1v) is 6.55. The van der Waals surface area contributed by atoms with E-state index in [0.717, 1.165) is 6.42 Å². The third-order valence-corrected chi connectivity index (χ3v) is 2.87. The van der Waals surface area contributed by atoms with E-state index in [0.29, 0.717) is 18.1 Å². The summed E-state index contributed by atoms with van der Waals surface area (Å²) in [5.74, 6) is 1.81. The minimum absolute atomic E-state index is 0.0756. The Morgan fingerprint density at radius 3 is 1.85 bits per heavy atom. The molecule has 0 saturated heterocycles. The van der Waals surface area contributed by atoms with Gasteiger partial charge in [-0.05, 0) is 55.0 Å². The van der Waals surface area contributed by atoms with Crippen molar-refractivity contribution >= 4 is 0 Å². The fourth-order valence-corrected chi connectivity index (χ4v) is 1.68. The minimum Gasteiger partial charge on any atom is -0.508 e. The SMILES string of the molecule is CCC(COc1ccc(O)cc1)Oc1ccc(O)cc1. The van der Waals surface area contributed by atoms with Crippen LogP contribution < -0.4 is 9.47 Å². The van der Waals surface area contributed by atoms with Gasteiger partial charge in [-0.2, -0.15) is 0 Å². The quantitative estimate of drug-likeness (QED) is 0.848. The molecule has 1 atom stereocenters. The van der Waals surface area contributed by atoms with Crippen LogP contribution in [0.2, 0.25) is 0 Å². The zero-order chi connectivity index (χ0) is 14.4. The van der Waals surface area contributed by atoms with E-state index < -0.39 is 0 Å². The second kappa shape index (κ2) is 6.70. The standard InChI is InChI=1S/C16H18O4/c1-2-14(20-16-9-5-13(18)6-10-16)11-19-15-7-3-12(17)4-8-15/h3-10,14,17-18H,2,11H2,1H3. The average molecular weight is 274 g/mol. The lowest BCUT2D eigenvalue weighted by molar-refractivity contribution is 0.125. The fraction of sp³-hybridized carbons (Fsp3) is 0.250. The molecule has 0 spiro atoms. The van der Waals surface area contributed by atoms with Crippen LogP contribution in [0.5, 0.6) is 23.0 Å². The largest absolute Gasteiger partial charge is 0.508 e. The topological polar surface area (TPSA) is 58.9 Å². The van der Waals surface area contributed by atoms with Gasteiger partial charge in [0, 0.05) is 0 Å². The van der Waals surface area contributed by atoms with E-state index in [-0.39, 0.29) is 17.6 Å². The molecule has 0 amide bonds. The zero-order valence-corrected chi connectivity index (χ0v) is 11.3. The number of ether oxygens (including phenoxy) is 2. The van der Waals surface area contributed by atoms with Crippen molar-refractivity contribution < 1.29 is 19.7 Å². The Bertz CT molecular complexity index is 519. The van der Waals surface area contributed by atoms with Crippen LogP contribution in [0.4, 0.5) is 0 Å². The Labute approximate surface area is 118 Å². The van der Waals surface area contributed by atoms with Crippen LogP contribution in [0.15, 0.2) is 48.5 Å². The molecule has 2 rings (SSSR count). The first kappa shape index (κ1) is 14.1. The van der Waals surface area contributed by atoms with Gasteiger partial charge < -0.3 is 19.7 Å². The summed E-state index contributed by atoms with van der Waals surface area (Å²) in [6, 6.07) is 13.2. The number of aromatic hydroxyl groups is 2. The van der Waals surface area contributed by atoms with Crippen molar-refractivity contribution in [1.29, 1.82) is 0 Å². The molecular weight excluding hydrogens is 256 g/mol. The predicted molar refractivity (Wildman–Crippen MR) is 76.4 cm³/mol. The highest BCUT2D eigenvalue weighted by atomic mass is 16.5. The molecule has 2 N–H and O–H groups in total. The molecule has 2 aromatic carbocycles. The average Bonchev–Trinajstić information content (AvgIpc) is 2.47. The molecule has 0 aromatic heterocycles. The van der Waals surface area contributed by atoms with Gasteiger partial charge in [-0.3, -0.25) is 0 Å². The van der Waals surface area contributed by atoms with Gasteiger partial charge in [0.25, 0.3) is 0 Å². The number of phenols is 2. The molecule has 0 fully saturated rings. The monoisotopic (exact) mass is 274 g/mol. The Hall–Kier alpha value is -2.36. The normalized spacial score (nSPS) is 11.8. The van der Waals surface area contributed by atoms with Gasteiger partial charge in [-0.25, -0.2) is 0 Å². The van der Waals surface area contributed by atoms with Crippen molar-refractivity contribution in [2.24, 2.45) is 0 Å². The van der Waals surface area contributed by atoms with E-state index >= 15 is 0 Å². The summed E-state index contributed by atoms with van der Waals surface area (Å²) in [6.45, 7) is 2.44. The van der Waals surface area contributed by atoms with Gasteiger partial charge in [0.1, 0.15) is 35.7 Å². The van der Waals surface area contributed by atoms with Crippen molar-refractivity contribution in [3.05, 3.63) is 48.5 Å². The number of phenolic OH excluding ortho intramolecular Hbond substituents is 2. The predicted octanol–water partition coefficient (Wildman–Crippen LogP) is 3.33. The number of rotatable bonds is 6. The molecule has 1 unspecified atom stereocenters. The maximum absolute atomic E-state index is 9.22. The molecule has 0 bridgehead atoms. The summed E-state index contributed by atoms with van der Waals surface area (Å²) >= 11 is 0. The van der Waals surface area contributed by atoms with Crippen LogP contribution in [-0.4, -0.2) is 22.9 Å². The highest BCUT2D eigenvalue weighted by Crippen LogP contribution is 2.19. The lowest BCUT2D eigenvalue weighted by Crippen LogP contribution is -2.23. The van der Waals surface area contributed by atoms with E-state index in [2.05, 4.69) is 0 Å². The van der Waals surface area contributed by atoms with Crippen LogP contribution in [0.1, 0.15) is 13.3 Å². The molecule has 0 saturated carbocycles. The van der Waals surface area contributed by atoms with Crippen LogP contribution in [0, 0.1) is 0 Å². The van der Waals surface area contributed by atoms with E-state index in [1.807, 2.05) is 6.92 Å². The Balaban J connectivity index is 1.88. The summed E-state index contributed by atoms with van der Waals surface area (Å²) < 4.78 is 11.4. The second-order valence-corrected chi connectivity index (χ2v) is 4.45. The summed E-state index contributed by atoms with van der Waals surface area (Å²) in [6.07, 6.45) is 0.729. The lowest BCUT2D eigenvalue weighted by Gasteiger charge is -2.18. The summed E-state index contributed by atoms with van der Waals surface area (Å²) in [7, 11) is 0. The third kappa shape index (κ3) is 4.09. The Morgan fingerprint density at radius 1 is 0.850 bits per heavy atom. The molecule has 0 aliphatic rings. The van der Waals surface area contributed by atoms with Crippen molar-refractivity contribution in [3.8, 4) is 23.0 Å². The van der Waals surface area contributed by atoms with Crippen molar-refractivity contribution in [1.82, 2.24) is 0 Å². The number of hydrogen-bond acceptors (Lipinski definition) is 4.